The summed E-state index contributed by atoms with van der Waals surface area (Å²) in [7, 11) is 0. The lowest BCUT2D eigenvalue weighted by Gasteiger charge is -2.17. The van der Waals surface area contributed by atoms with E-state index in [0.717, 1.165) is 6.42 Å². The summed E-state index contributed by atoms with van der Waals surface area (Å²) in [6, 6.07) is 5.60. The fourth-order valence-electron chi connectivity index (χ4n) is 2.75. The predicted molar refractivity (Wildman–Crippen MR) is 94.1 cm³/mol. The maximum absolute atomic E-state index is 12.6. The second-order valence-electron chi connectivity index (χ2n) is 5.82. The van der Waals surface area contributed by atoms with E-state index in [2.05, 4.69) is 0 Å². The number of rotatable bonds is 8. The Balaban J connectivity index is 2.76. The third-order valence-electron chi connectivity index (χ3n) is 4.00. The molecule has 0 fully saturated rings. The number of para-hydroxylation sites is 1. The molecule has 1 heterocycles. The van der Waals surface area contributed by atoms with Gasteiger partial charge in [-0.2, -0.15) is 0 Å². The Labute approximate surface area is 153 Å². The van der Waals surface area contributed by atoms with E-state index >= 15 is 0 Å². The molecule has 0 aliphatic carbocycles. The first-order valence-electron chi connectivity index (χ1n) is 8.15. The Morgan fingerprint density at radius 1 is 1.41 bits per heavy atom. The fourth-order valence-corrected chi connectivity index (χ4v) is 2.75. The van der Waals surface area contributed by atoms with Crippen LogP contribution in [0.4, 0.5) is 5.69 Å². The van der Waals surface area contributed by atoms with Gasteiger partial charge in [-0.1, -0.05) is 25.5 Å². The highest BCUT2D eigenvalue weighted by molar-refractivity contribution is 6.03. The summed E-state index contributed by atoms with van der Waals surface area (Å²) < 4.78 is 1.36. The summed E-state index contributed by atoms with van der Waals surface area (Å²) in [5.74, 6) is -2.33. The molecule has 0 saturated carbocycles. The number of carboxylic acid groups (broad SMARTS) is 1. The van der Waals surface area contributed by atoms with Crippen LogP contribution in [-0.2, 0) is 16.1 Å². The first kappa shape index (κ1) is 19.8. The Morgan fingerprint density at radius 3 is 2.67 bits per heavy atom. The van der Waals surface area contributed by atoms with Gasteiger partial charge in [-0.3, -0.25) is 34.8 Å². The number of carbonyl (C=O) groups excluding carboxylic acids is 2. The van der Waals surface area contributed by atoms with E-state index in [1.165, 1.54) is 22.8 Å². The van der Waals surface area contributed by atoms with Crippen LogP contribution in [0.1, 0.15) is 30.1 Å². The average molecular weight is 374 g/mol. The minimum atomic E-state index is -1.38. The van der Waals surface area contributed by atoms with E-state index in [1.807, 2.05) is 6.92 Å². The number of nitrogens with one attached hydrogen (secondary N) is 1. The number of aliphatic carboxylic acids is 1. The number of aromatic nitrogens is 1. The minimum Gasteiger partial charge on any atom is -0.480 e. The molecule has 0 saturated heterocycles. The van der Waals surface area contributed by atoms with Crippen LogP contribution in [0.25, 0.3) is 10.9 Å². The van der Waals surface area contributed by atoms with Crippen molar-refractivity contribution in [3.05, 3.63) is 45.4 Å². The molecule has 0 spiro atoms. The fraction of sp³-hybridized carbons (Fsp3) is 0.294. The van der Waals surface area contributed by atoms with Gasteiger partial charge in [0.15, 0.2) is 0 Å². The zero-order valence-electron chi connectivity index (χ0n) is 14.5. The molecule has 0 radical (unpaired) electrons. The quantitative estimate of drug-likeness (QED) is 0.407. The molecule has 27 heavy (non-hydrogen) atoms. The van der Waals surface area contributed by atoms with E-state index < -0.39 is 23.3 Å². The first-order valence-corrected chi connectivity index (χ1v) is 8.15. The molecular weight excluding hydrogens is 356 g/mol. The van der Waals surface area contributed by atoms with E-state index in [0.29, 0.717) is 16.7 Å². The SMILES string of the molecule is CCCCn1c(=N)c(C(=O)N(C=O)CC(=O)O)cc2cccc([N+](=O)[O-])c21. The maximum Gasteiger partial charge on any atom is 0.323 e. The molecule has 0 unspecified atom stereocenters. The van der Waals surface area contributed by atoms with E-state index in [9.17, 15) is 24.5 Å². The molecule has 1 aromatic carbocycles. The van der Waals surface area contributed by atoms with Crippen molar-refractivity contribution in [2.24, 2.45) is 0 Å². The molecule has 2 amide bonds. The van der Waals surface area contributed by atoms with Gasteiger partial charge < -0.3 is 9.67 Å². The highest BCUT2D eigenvalue weighted by atomic mass is 16.6. The van der Waals surface area contributed by atoms with Gasteiger partial charge in [0.25, 0.3) is 11.6 Å². The number of non-ortho nitro benzene ring substituents is 1. The number of carboxylic acids is 1. The number of fused-ring (bicyclic) bond motifs is 1. The monoisotopic (exact) mass is 374 g/mol. The molecule has 0 aliphatic rings. The third kappa shape index (κ3) is 4.00. The lowest BCUT2D eigenvalue weighted by Crippen LogP contribution is -2.39. The van der Waals surface area contributed by atoms with Gasteiger partial charge in [0.05, 0.1) is 10.5 Å². The molecule has 2 rings (SSSR count). The van der Waals surface area contributed by atoms with E-state index in [1.54, 1.807) is 6.07 Å². The third-order valence-corrected chi connectivity index (χ3v) is 4.00. The molecular formula is C17H18N4O6. The molecule has 10 heteroatoms. The highest BCUT2D eigenvalue weighted by Crippen LogP contribution is 2.25. The van der Waals surface area contributed by atoms with Gasteiger partial charge in [0, 0.05) is 18.0 Å². The number of amides is 2. The number of nitrogens with zero attached hydrogens (tertiary/aromatic N) is 3. The number of hydrogen-bond acceptors (Lipinski definition) is 6. The Kier molecular flexibility index (Phi) is 6.01. The van der Waals surface area contributed by atoms with Crippen molar-refractivity contribution in [3.8, 4) is 0 Å². The molecule has 0 bridgehead atoms. The molecule has 10 nitrogen and oxygen atoms in total. The molecule has 0 atom stereocenters. The lowest BCUT2D eigenvalue weighted by atomic mass is 10.1. The number of imide groups is 1. The molecule has 2 aromatic rings. The summed E-state index contributed by atoms with van der Waals surface area (Å²) in [6.45, 7) is 1.33. The van der Waals surface area contributed by atoms with E-state index in [-0.39, 0.29) is 35.2 Å². The highest BCUT2D eigenvalue weighted by Gasteiger charge is 2.24. The zero-order chi connectivity index (χ0) is 20.1. The zero-order valence-corrected chi connectivity index (χ0v) is 14.5. The number of nitro groups is 1. The van der Waals surface area contributed by atoms with Crippen LogP contribution in [0.5, 0.6) is 0 Å². The Morgan fingerprint density at radius 2 is 2.11 bits per heavy atom. The standard InChI is InChI=1S/C17H18N4O6/c1-2-3-7-20-15-11(5-4-6-13(15)21(26)27)8-12(16(20)18)17(25)19(10-22)9-14(23)24/h4-6,8,10,18H,2-3,7,9H2,1H3,(H,23,24). The van der Waals surface area contributed by atoms with Gasteiger partial charge in [-0.15, -0.1) is 0 Å². The van der Waals surface area contributed by atoms with Crippen LogP contribution in [0.2, 0.25) is 0 Å². The summed E-state index contributed by atoms with van der Waals surface area (Å²) in [4.78, 5) is 45.8. The second kappa shape index (κ2) is 8.21. The first-order chi connectivity index (χ1) is 12.8. The predicted octanol–water partition coefficient (Wildman–Crippen LogP) is 1.51. The van der Waals surface area contributed by atoms with Crippen molar-refractivity contribution in [1.82, 2.24) is 9.47 Å². The van der Waals surface area contributed by atoms with Crippen LogP contribution >= 0.6 is 0 Å². The summed E-state index contributed by atoms with van der Waals surface area (Å²) in [5, 5.41) is 28.9. The van der Waals surface area contributed by atoms with Gasteiger partial charge in [0.2, 0.25) is 6.41 Å². The van der Waals surface area contributed by atoms with Crippen LogP contribution in [-0.4, -0.2) is 44.3 Å². The number of unbranched alkanes of at least 4 members (excludes halogenated alkanes) is 1. The molecule has 142 valence electrons. The van der Waals surface area contributed by atoms with Gasteiger partial charge >= 0.3 is 5.97 Å². The van der Waals surface area contributed by atoms with Crippen molar-refractivity contribution in [3.63, 3.8) is 0 Å². The topological polar surface area (TPSA) is 147 Å². The largest absolute Gasteiger partial charge is 0.480 e. The van der Waals surface area contributed by atoms with Gasteiger partial charge in [-0.05, 0) is 12.5 Å². The van der Waals surface area contributed by atoms with Crippen molar-refractivity contribution >= 4 is 34.9 Å². The van der Waals surface area contributed by atoms with Gasteiger partial charge in [0.1, 0.15) is 17.5 Å². The summed E-state index contributed by atoms with van der Waals surface area (Å²) in [5.41, 5.74) is -0.512. The lowest BCUT2D eigenvalue weighted by molar-refractivity contribution is -0.383. The van der Waals surface area contributed by atoms with Crippen molar-refractivity contribution in [2.75, 3.05) is 6.54 Å². The number of pyridine rings is 1. The number of carbonyl (C=O) groups is 3. The summed E-state index contributed by atoms with van der Waals surface area (Å²) >= 11 is 0. The smallest absolute Gasteiger partial charge is 0.323 e. The van der Waals surface area contributed by atoms with Crippen molar-refractivity contribution in [2.45, 2.75) is 26.3 Å². The number of nitro benzene ring substituents is 1. The Bertz CT molecular complexity index is 981. The minimum absolute atomic E-state index is 0.0872. The van der Waals surface area contributed by atoms with Crippen LogP contribution in [0, 0.1) is 15.5 Å². The maximum atomic E-state index is 12.6. The van der Waals surface area contributed by atoms with Crippen LogP contribution in [0.3, 0.4) is 0 Å². The Hall–Kier alpha value is -3.56. The van der Waals surface area contributed by atoms with E-state index in [4.69, 9.17) is 10.5 Å². The van der Waals surface area contributed by atoms with Crippen LogP contribution < -0.4 is 5.49 Å². The van der Waals surface area contributed by atoms with Crippen molar-refractivity contribution < 1.29 is 24.4 Å². The van der Waals surface area contributed by atoms with Gasteiger partial charge in [-0.25, -0.2) is 0 Å². The number of aryl methyl sites for hydroxylation is 1. The van der Waals surface area contributed by atoms with Crippen LogP contribution in [0.15, 0.2) is 24.3 Å². The molecule has 1 aromatic heterocycles. The normalized spacial score (nSPS) is 10.6. The number of benzene rings is 1. The van der Waals surface area contributed by atoms with Crippen molar-refractivity contribution in [1.29, 1.82) is 5.41 Å². The summed E-state index contributed by atoms with van der Waals surface area (Å²) in [6.07, 6.45) is 1.46. The number of hydrogen-bond donors (Lipinski definition) is 2. The second-order valence-corrected chi connectivity index (χ2v) is 5.82. The average Bonchev–Trinajstić information content (AvgIpc) is 2.63. The molecule has 2 N–H and O–H groups in total. The molecule has 0 aliphatic heterocycles.